The summed E-state index contributed by atoms with van der Waals surface area (Å²) in [5.41, 5.74) is 1.58. The number of nitrogens with one attached hydrogen (secondary N) is 1. The number of hydrogen-bond acceptors (Lipinski definition) is 3. The largest absolute Gasteiger partial charge is 0.611 e. The van der Waals surface area contributed by atoms with Gasteiger partial charge in [-0.25, -0.2) is 0 Å². The van der Waals surface area contributed by atoms with Crippen molar-refractivity contribution >= 4 is 22.1 Å². The molecule has 1 aromatic heterocycles. The molecule has 1 heterocycles. The predicted octanol–water partition coefficient (Wildman–Crippen LogP) is 3.80. The molecule has 0 saturated heterocycles. The zero-order valence-corrected chi connectivity index (χ0v) is 15.0. The van der Waals surface area contributed by atoms with E-state index in [1.807, 2.05) is 55.5 Å². The van der Waals surface area contributed by atoms with Crippen LogP contribution in [0.1, 0.15) is 18.4 Å². The lowest BCUT2D eigenvalue weighted by Gasteiger charge is -2.12. The number of unbranched alkanes of at least 4 members (excludes halogenated alkanes) is 1. The van der Waals surface area contributed by atoms with Crippen molar-refractivity contribution in [1.82, 2.24) is 4.98 Å². The Labute approximate surface area is 150 Å². The molecule has 0 aliphatic heterocycles. The molecule has 0 aliphatic carbocycles. The van der Waals surface area contributed by atoms with Crippen LogP contribution in [0.4, 0.5) is 0 Å². The van der Waals surface area contributed by atoms with Crippen LogP contribution >= 0.6 is 0 Å². The first-order valence-electron chi connectivity index (χ1n) is 8.34. The lowest BCUT2D eigenvalue weighted by atomic mass is 10.1. The standard InChI is InChI=1S/C20H21NO3S/c1-15-14-19(22)21-17-10-7-11-18(20(15)17)24-12-5-6-13-25(23)16-8-3-2-4-9-16/h2-4,7-11,14H,5-6,12-13H2,1H3,(H,21,22). The molecule has 5 heteroatoms. The van der Waals surface area contributed by atoms with Crippen molar-refractivity contribution in [3.05, 3.63) is 70.5 Å². The molecule has 0 bridgehead atoms. The highest BCUT2D eigenvalue weighted by Crippen LogP contribution is 2.26. The number of rotatable bonds is 7. The van der Waals surface area contributed by atoms with E-state index in [0.29, 0.717) is 12.4 Å². The van der Waals surface area contributed by atoms with E-state index in [4.69, 9.17) is 4.74 Å². The van der Waals surface area contributed by atoms with Gasteiger partial charge in [-0.1, -0.05) is 24.3 Å². The topological polar surface area (TPSA) is 65.2 Å². The first-order valence-corrected chi connectivity index (χ1v) is 9.66. The maximum absolute atomic E-state index is 12.2. The van der Waals surface area contributed by atoms with Gasteiger partial charge in [-0.05, 0) is 60.8 Å². The molecule has 25 heavy (non-hydrogen) atoms. The molecular formula is C20H21NO3S. The minimum absolute atomic E-state index is 0.106. The zero-order chi connectivity index (χ0) is 17.6. The normalized spacial score (nSPS) is 12.2. The number of ether oxygens (including phenoxy) is 1. The number of aromatic amines is 1. The van der Waals surface area contributed by atoms with Crippen molar-refractivity contribution in [3.8, 4) is 5.75 Å². The van der Waals surface area contributed by atoms with Gasteiger partial charge in [-0.15, -0.1) is 0 Å². The van der Waals surface area contributed by atoms with Crippen molar-refractivity contribution in [1.29, 1.82) is 0 Å². The number of hydrogen-bond donors (Lipinski definition) is 1. The lowest BCUT2D eigenvalue weighted by molar-refractivity contribution is 0.313. The quantitative estimate of drug-likeness (QED) is 0.518. The maximum atomic E-state index is 12.2. The monoisotopic (exact) mass is 355 g/mol. The van der Waals surface area contributed by atoms with Crippen LogP contribution in [0, 0.1) is 6.92 Å². The van der Waals surface area contributed by atoms with E-state index in [1.165, 1.54) is 0 Å². The van der Waals surface area contributed by atoms with Gasteiger partial charge in [0.2, 0.25) is 5.56 Å². The Kier molecular flexibility index (Phi) is 5.79. The van der Waals surface area contributed by atoms with Crippen LogP contribution in [0.15, 0.2) is 64.3 Å². The number of pyridine rings is 1. The molecule has 1 atom stereocenters. The van der Waals surface area contributed by atoms with Crippen LogP contribution in [0.2, 0.25) is 0 Å². The van der Waals surface area contributed by atoms with Crippen molar-refractivity contribution in [3.63, 3.8) is 0 Å². The smallest absolute Gasteiger partial charge is 0.248 e. The van der Waals surface area contributed by atoms with E-state index in [0.717, 1.165) is 40.0 Å². The number of aryl methyl sites for hydroxylation is 1. The Hall–Kier alpha value is -2.24. The maximum Gasteiger partial charge on any atom is 0.248 e. The van der Waals surface area contributed by atoms with Crippen LogP contribution in [0.5, 0.6) is 5.75 Å². The summed E-state index contributed by atoms with van der Waals surface area (Å²) < 4.78 is 18.1. The third-order valence-corrected chi connectivity index (χ3v) is 5.47. The third kappa shape index (κ3) is 4.44. The molecule has 0 aliphatic rings. The van der Waals surface area contributed by atoms with Gasteiger partial charge in [0, 0.05) is 11.5 Å². The minimum Gasteiger partial charge on any atom is -0.611 e. The molecule has 0 saturated carbocycles. The Morgan fingerprint density at radius 2 is 1.88 bits per heavy atom. The van der Waals surface area contributed by atoms with Crippen molar-refractivity contribution in [2.45, 2.75) is 24.7 Å². The number of aromatic nitrogens is 1. The van der Waals surface area contributed by atoms with Gasteiger partial charge < -0.3 is 14.3 Å². The molecule has 4 nitrogen and oxygen atoms in total. The van der Waals surface area contributed by atoms with Gasteiger partial charge in [0.25, 0.3) is 0 Å². The SMILES string of the molecule is Cc1cc(=O)[nH]c2cccc(OCCCC[S+]([O-])c3ccccc3)c12. The van der Waals surface area contributed by atoms with Gasteiger partial charge in [0.1, 0.15) is 11.5 Å². The van der Waals surface area contributed by atoms with Crippen molar-refractivity contribution in [2.24, 2.45) is 0 Å². The van der Waals surface area contributed by atoms with Crippen molar-refractivity contribution in [2.75, 3.05) is 12.4 Å². The van der Waals surface area contributed by atoms with Crippen LogP contribution < -0.4 is 10.3 Å². The molecule has 2 aromatic carbocycles. The first-order chi connectivity index (χ1) is 12.1. The fourth-order valence-electron chi connectivity index (χ4n) is 2.81. The molecule has 0 amide bonds. The number of benzene rings is 2. The molecule has 0 radical (unpaired) electrons. The lowest BCUT2D eigenvalue weighted by Crippen LogP contribution is -2.09. The van der Waals surface area contributed by atoms with Gasteiger partial charge in [-0.3, -0.25) is 4.79 Å². The van der Waals surface area contributed by atoms with Crippen LogP contribution in [-0.2, 0) is 11.2 Å². The molecule has 3 aromatic rings. The van der Waals surface area contributed by atoms with Gasteiger partial charge in [-0.2, -0.15) is 0 Å². The van der Waals surface area contributed by atoms with E-state index in [-0.39, 0.29) is 5.56 Å². The summed E-state index contributed by atoms with van der Waals surface area (Å²) >= 11 is -0.955. The Morgan fingerprint density at radius 3 is 2.68 bits per heavy atom. The number of fused-ring (bicyclic) bond motifs is 1. The van der Waals surface area contributed by atoms with Gasteiger partial charge in [0.15, 0.2) is 4.90 Å². The Balaban J connectivity index is 1.54. The average molecular weight is 355 g/mol. The fourth-order valence-corrected chi connectivity index (χ4v) is 3.97. The van der Waals surface area contributed by atoms with E-state index in [9.17, 15) is 9.35 Å². The van der Waals surface area contributed by atoms with E-state index in [2.05, 4.69) is 4.98 Å². The highest BCUT2D eigenvalue weighted by molar-refractivity contribution is 7.91. The van der Waals surface area contributed by atoms with Crippen LogP contribution in [0.3, 0.4) is 0 Å². The Bertz CT molecular complexity index is 892. The van der Waals surface area contributed by atoms with E-state index >= 15 is 0 Å². The van der Waals surface area contributed by atoms with Crippen LogP contribution in [-0.4, -0.2) is 21.9 Å². The summed E-state index contributed by atoms with van der Waals surface area (Å²) in [7, 11) is 0. The minimum atomic E-state index is -0.955. The predicted molar refractivity (Wildman–Crippen MR) is 102 cm³/mol. The second kappa shape index (κ2) is 8.23. The van der Waals surface area contributed by atoms with E-state index in [1.54, 1.807) is 6.07 Å². The summed E-state index contributed by atoms with van der Waals surface area (Å²) in [6, 6.07) is 16.8. The molecule has 1 unspecified atom stereocenters. The summed E-state index contributed by atoms with van der Waals surface area (Å²) in [4.78, 5) is 15.3. The van der Waals surface area contributed by atoms with E-state index < -0.39 is 11.2 Å². The molecule has 1 N–H and O–H groups in total. The van der Waals surface area contributed by atoms with Crippen LogP contribution in [0.25, 0.3) is 10.9 Å². The summed E-state index contributed by atoms with van der Waals surface area (Å²) in [6.07, 6.45) is 1.67. The fraction of sp³-hybridized carbons (Fsp3) is 0.250. The van der Waals surface area contributed by atoms with Crippen molar-refractivity contribution < 1.29 is 9.29 Å². The van der Waals surface area contributed by atoms with Gasteiger partial charge in [0.05, 0.1) is 12.1 Å². The molecular weight excluding hydrogens is 334 g/mol. The highest BCUT2D eigenvalue weighted by Gasteiger charge is 2.10. The zero-order valence-electron chi connectivity index (χ0n) is 14.2. The summed E-state index contributed by atoms with van der Waals surface area (Å²) in [5, 5.41) is 0.940. The molecule has 0 fully saturated rings. The highest BCUT2D eigenvalue weighted by atomic mass is 32.2. The van der Waals surface area contributed by atoms with Gasteiger partial charge >= 0.3 is 0 Å². The summed E-state index contributed by atoms with van der Waals surface area (Å²) in [5.74, 6) is 1.41. The number of H-pyrrole nitrogens is 1. The molecule has 0 spiro atoms. The Morgan fingerprint density at radius 1 is 1.08 bits per heavy atom. The second-order valence-corrected chi connectivity index (χ2v) is 7.48. The summed E-state index contributed by atoms with van der Waals surface area (Å²) in [6.45, 7) is 2.47. The molecule has 3 rings (SSSR count). The third-order valence-electron chi connectivity index (χ3n) is 4.01. The molecule has 130 valence electrons. The second-order valence-electron chi connectivity index (χ2n) is 5.91. The average Bonchev–Trinajstić information content (AvgIpc) is 2.61. The first kappa shape index (κ1) is 17.6.